The third-order valence-electron chi connectivity index (χ3n) is 22.6. The maximum Gasteiger partial charge on any atom is 0.140 e. The summed E-state index contributed by atoms with van der Waals surface area (Å²) in [5.74, 6) is 3.42. The molecule has 1 aliphatic rings. The third-order valence-corrected chi connectivity index (χ3v) is 25.3. The summed E-state index contributed by atoms with van der Waals surface area (Å²) in [4.78, 5) is 50.5. The van der Waals surface area contributed by atoms with Crippen LogP contribution >= 0.6 is 91.3 Å². The zero-order valence-electron chi connectivity index (χ0n) is 65.3. The van der Waals surface area contributed by atoms with Gasteiger partial charge in [0.1, 0.15) is 23.3 Å². The predicted molar refractivity (Wildman–Crippen MR) is 524 cm³/mol. The number of rotatable bonds is 12. The van der Waals surface area contributed by atoms with E-state index in [0.717, 1.165) is 203 Å². The number of fused-ring (bicyclic) bond motifs is 10. The molecular weight excluding hydrogens is 1850 g/mol. The van der Waals surface area contributed by atoms with Gasteiger partial charge in [0.25, 0.3) is 0 Å². The molecule has 0 spiro atoms. The van der Waals surface area contributed by atoms with Crippen LogP contribution in [0, 0.1) is 0 Å². The molecule has 0 aliphatic carbocycles. The Balaban J connectivity index is 0.000000104. The van der Waals surface area contributed by atoms with Crippen LogP contribution in [0.4, 0.5) is 5.69 Å². The standard InChI is InChI=1S/C29H19BrClN3.C28H25BrN4.C23H15Br2N3.C23H14BrN3/c30-22-12-15-26-24(16-22)25(17-32-26)29-33-27(28(34-29)21-10-13-23(31)14-11-21)20-8-6-19(7-9-20)18-4-2-1-3-5-18;29-21-11-14-25-23(17-21)24(18-30-25)28-31-26(19-7-3-1-4-8-19)27(32-28)20-9-12-22(13-10-20)33-15-5-2-6-16-33;24-16-8-6-15(7-9-16)22-21(14-4-2-1-3-5-14)27-23(28-22)19-13-26-20-11-10-17(25)12-18(19)20;24-13-9-10-20-18(11-13)19(12-25-20)23-26-21-16-7-3-1-5-14(16)15-6-2-4-8-17(15)22(21)27-23/h1-17,32H,(H,33,34);1,3-4,7-14,17-18,30H,2,5-6,15-16H2,(H,31,32);1-13,26H,(H,27,28);1-12,25H,(H,26,27). The first-order valence-electron chi connectivity index (χ1n) is 40.2. The van der Waals surface area contributed by atoms with E-state index in [0.29, 0.717) is 5.02 Å². The van der Waals surface area contributed by atoms with E-state index in [4.69, 9.17) is 31.5 Å². The second-order valence-electron chi connectivity index (χ2n) is 30.2. The van der Waals surface area contributed by atoms with Crippen molar-refractivity contribution in [3.8, 4) is 124 Å². The molecule has 8 aromatic heterocycles. The van der Waals surface area contributed by atoms with Crippen molar-refractivity contribution in [2.24, 2.45) is 0 Å². The highest BCUT2D eigenvalue weighted by molar-refractivity contribution is 9.11. The molecule has 8 N–H and O–H groups in total. The number of aromatic amines is 8. The number of halogens is 6. The summed E-state index contributed by atoms with van der Waals surface area (Å²) < 4.78 is 5.24. The van der Waals surface area contributed by atoms with E-state index >= 15 is 0 Å². The number of nitrogens with one attached hydrogen (secondary N) is 8. The van der Waals surface area contributed by atoms with Gasteiger partial charge in [-0.1, -0.05) is 291 Å². The molecular formula is C103H73Br5ClN13. The van der Waals surface area contributed by atoms with E-state index in [-0.39, 0.29) is 0 Å². The normalized spacial score (nSPS) is 12.2. The Morgan fingerprint density at radius 1 is 0.262 bits per heavy atom. The molecule has 0 atom stereocenters. The molecule has 0 unspecified atom stereocenters. The number of hydrogen-bond donors (Lipinski definition) is 8. The first kappa shape index (κ1) is 77.9. The minimum Gasteiger partial charge on any atom is -0.372 e. The van der Waals surface area contributed by atoms with Gasteiger partial charge in [-0.05, 0) is 150 Å². The number of anilines is 1. The SMILES string of the molecule is Brc1ccc(-c2[nH]c(-c3c[nH]c4ccc(Br)cc34)nc2-c2ccccc2)cc1.Brc1ccc2[nH]cc(-c3nc(-c4ccccc4)c(-c4ccc(N5CCCCC5)cc4)[nH]3)c2c1.Brc1ccc2[nH]cc(-c3nc4c5ccccc5c5ccccc5c4[nH]3)c2c1.Clc1ccc(-c2[nH]c(-c3c[nH]c4ccc(Br)cc34)nc2-c2ccc(-c3ccccc3)cc2)cc1. The lowest BCUT2D eigenvalue weighted by molar-refractivity contribution is 0.578. The van der Waals surface area contributed by atoms with Crippen LogP contribution in [0.25, 0.3) is 200 Å². The van der Waals surface area contributed by atoms with Gasteiger partial charge in [0.15, 0.2) is 0 Å². The number of piperidine rings is 1. The minimum atomic E-state index is 0.707. The number of nitrogens with zero attached hydrogens (tertiary/aromatic N) is 5. The van der Waals surface area contributed by atoms with Gasteiger partial charge in [0.2, 0.25) is 0 Å². The molecule has 0 radical (unpaired) electrons. The predicted octanol–water partition coefficient (Wildman–Crippen LogP) is 30.8. The van der Waals surface area contributed by atoms with Crippen LogP contribution in [0.3, 0.4) is 0 Å². The number of benzene rings is 14. The Morgan fingerprint density at radius 3 is 0.992 bits per heavy atom. The zero-order valence-corrected chi connectivity index (χ0v) is 74.0. The highest BCUT2D eigenvalue weighted by Crippen LogP contribution is 2.44. The van der Waals surface area contributed by atoms with Crippen molar-refractivity contribution in [1.29, 1.82) is 0 Å². The molecule has 23 rings (SSSR count). The quantitative estimate of drug-likeness (QED) is 0.0566. The molecule has 0 bridgehead atoms. The zero-order chi connectivity index (χ0) is 82.3. The average Bonchev–Trinajstić information content (AvgIpc) is 1.49. The third kappa shape index (κ3) is 15.8. The van der Waals surface area contributed by atoms with Gasteiger partial charge in [0, 0.05) is 181 Å². The fraction of sp³-hybridized carbons (Fsp3) is 0.0485. The van der Waals surface area contributed by atoms with Gasteiger partial charge < -0.3 is 44.8 Å². The molecule has 0 amide bonds. The van der Waals surface area contributed by atoms with E-state index in [1.54, 1.807) is 0 Å². The van der Waals surface area contributed by atoms with Gasteiger partial charge in [-0.3, -0.25) is 0 Å². The second-order valence-corrected chi connectivity index (χ2v) is 35.2. The van der Waals surface area contributed by atoms with E-state index in [9.17, 15) is 0 Å². The summed E-state index contributed by atoms with van der Waals surface area (Å²) in [7, 11) is 0. The fourth-order valence-corrected chi connectivity index (χ4v) is 18.4. The highest BCUT2D eigenvalue weighted by Gasteiger charge is 2.24. The topological polar surface area (TPSA) is 181 Å². The number of aromatic nitrogens is 12. The molecule has 1 aliphatic heterocycles. The Hall–Kier alpha value is -12.7. The molecule has 0 saturated carbocycles. The summed E-state index contributed by atoms with van der Waals surface area (Å²) in [6.07, 6.45) is 12.0. The van der Waals surface area contributed by atoms with Gasteiger partial charge in [-0.15, -0.1) is 0 Å². The van der Waals surface area contributed by atoms with Crippen LogP contribution < -0.4 is 4.90 Å². The van der Waals surface area contributed by atoms with Crippen LogP contribution in [0.5, 0.6) is 0 Å². The molecule has 1 fully saturated rings. The van der Waals surface area contributed by atoms with E-state index in [2.05, 4.69) is 349 Å². The van der Waals surface area contributed by atoms with Crippen LogP contribution in [-0.2, 0) is 0 Å². The highest BCUT2D eigenvalue weighted by atomic mass is 79.9. The van der Waals surface area contributed by atoms with Gasteiger partial charge in [-0.2, -0.15) is 0 Å². The number of H-pyrrole nitrogens is 8. The van der Waals surface area contributed by atoms with Crippen LogP contribution in [-0.4, -0.2) is 72.9 Å². The Morgan fingerprint density at radius 2 is 0.574 bits per heavy atom. The Labute approximate surface area is 749 Å². The summed E-state index contributed by atoms with van der Waals surface area (Å²) in [6, 6.07) is 107. The van der Waals surface area contributed by atoms with Crippen LogP contribution in [0.2, 0.25) is 5.02 Å². The average molecular weight is 1930 g/mol. The molecule has 9 heterocycles. The first-order valence-corrected chi connectivity index (χ1v) is 44.6. The summed E-state index contributed by atoms with van der Waals surface area (Å²) in [6.45, 7) is 2.30. The fourth-order valence-electron chi connectivity index (χ4n) is 16.5. The molecule has 22 aromatic rings. The smallest absolute Gasteiger partial charge is 0.140 e. The number of hydrogen-bond acceptors (Lipinski definition) is 5. The Bertz CT molecular complexity index is 7470. The van der Waals surface area contributed by atoms with Crippen LogP contribution in [0.15, 0.2) is 357 Å². The summed E-state index contributed by atoms with van der Waals surface area (Å²) in [5, 5.41) is 10.1. The summed E-state index contributed by atoms with van der Waals surface area (Å²) >= 11 is 24.0. The van der Waals surface area contributed by atoms with Crippen molar-refractivity contribution in [2.75, 3.05) is 18.0 Å². The van der Waals surface area contributed by atoms with Gasteiger partial charge in [-0.25, -0.2) is 19.9 Å². The molecule has 1 saturated heterocycles. The van der Waals surface area contributed by atoms with Crippen LogP contribution in [0.1, 0.15) is 19.3 Å². The van der Waals surface area contributed by atoms with E-state index in [1.165, 1.54) is 57.6 Å². The summed E-state index contributed by atoms with van der Waals surface area (Å²) in [5.41, 5.74) is 26.7. The van der Waals surface area contributed by atoms with Crippen molar-refractivity contribution in [3.63, 3.8) is 0 Å². The molecule has 14 aromatic carbocycles. The van der Waals surface area contributed by atoms with Gasteiger partial charge in [0.05, 0.1) is 45.2 Å². The Kier molecular flexibility index (Phi) is 21.8. The second kappa shape index (κ2) is 34.1. The molecule has 592 valence electrons. The number of imidazole rings is 4. The van der Waals surface area contributed by atoms with E-state index in [1.807, 2.05) is 110 Å². The van der Waals surface area contributed by atoms with Crippen molar-refractivity contribution in [3.05, 3.63) is 362 Å². The monoisotopic (exact) mass is 1920 g/mol. The van der Waals surface area contributed by atoms with Crippen molar-refractivity contribution < 1.29 is 0 Å². The first-order chi connectivity index (χ1) is 59.9. The molecule has 122 heavy (non-hydrogen) atoms. The molecule has 19 heteroatoms. The van der Waals surface area contributed by atoms with E-state index < -0.39 is 0 Å². The molecule has 13 nitrogen and oxygen atoms in total. The van der Waals surface area contributed by atoms with Crippen molar-refractivity contribution in [2.45, 2.75) is 19.3 Å². The van der Waals surface area contributed by atoms with Gasteiger partial charge >= 0.3 is 0 Å². The lowest BCUT2D eigenvalue weighted by Gasteiger charge is -2.28. The van der Waals surface area contributed by atoms with Crippen molar-refractivity contribution in [1.82, 2.24) is 59.8 Å². The minimum absolute atomic E-state index is 0.707. The lowest BCUT2D eigenvalue weighted by Crippen LogP contribution is -2.29. The van der Waals surface area contributed by atoms with Crippen molar-refractivity contribution >= 4 is 173 Å². The maximum atomic E-state index is 6.16. The largest absolute Gasteiger partial charge is 0.372 e. The lowest BCUT2D eigenvalue weighted by atomic mass is 10.0. The maximum absolute atomic E-state index is 6.16.